The number of aliphatic carboxylic acids is 1. The van der Waals surface area contributed by atoms with E-state index in [4.69, 9.17) is 5.11 Å². The minimum Gasteiger partial charge on any atom is -0.478 e. The SMILES string of the molecule is CC(C(=O)O)=C(C)C(=O)NC(=O)NCC1CCCCC1C. The fourth-order valence-electron chi connectivity index (χ4n) is 2.49. The minimum absolute atomic E-state index is 0.0312. The van der Waals surface area contributed by atoms with Crippen molar-refractivity contribution in [2.24, 2.45) is 11.8 Å². The molecule has 0 radical (unpaired) electrons. The quantitative estimate of drug-likeness (QED) is 0.692. The Morgan fingerprint density at radius 3 is 2.29 bits per heavy atom. The highest BCUT2D eigenvalue weighted by atomic mass is 16.4. The molecular weight excluding hydrogens is 272 g/mol. The summed E-state index contributed by atoms with van der Waals surface area (Å²) >= 11 is 0. The van der Waals surface area contributed by atoms with Crippen LogP contribution in [0.2, 0.25) is 0 Å². The first kappa shape index (κ1) is 17.2. The van der Waals surface area contributed by atoms with Crippen LogP contribution in [0.15, 0.2) is 11.1 Å². The number of nitrogens with one attached hydrogen (secondary N) is 2. The maximum atomic E-state index is 11.7. The van der Waals surface area contributed by atoms with Gasteiger partial charge in [0.25, 0.3) is 5.91 Å². The number of carbonyl (C=O) groups is 3. The summed E-state index contributed by atoms with van der Waals surface area (Å²) in [5.41, 5.74) is -0.0371. The molecular formula is C15H24N2O4. The van der Waals surface area contributed by atoms with E-state index in [0.29, 0.717) is 18.4 Å². The van der Waals surface area contributed by atoms with Crippen LogP contribution in [0.25, 0.3) is 0 Å². The van der Waals surface area contributed by atoms with Crippen LogP contribution in [-0.2, 0) is 9.59 Å². The highest BCUT2D eigenvalue weighted by molar-refractivity contribution is 6.07. The van der Waals surface area contributed by atoms with E-state index in [9.17, 15) is 14.4 Å². The van der Waals surface area contributed by atoms with E-state index in [2.05, 4.69) is 17.6 Å². The predicted molar refractivity (Wildman–Crippen MR) is 78.7 cm³/mol. The zero-order valence-corrected chi connectivity index (χ0v) is 12.9. The van der Waals surface area contributed by atoms with Crippen molar-refractivity contribution in [1.82, 2.24) is 10.6 Å². The summed E-state index contributed by atoms with van der Waals surface area (Å²) in [6.45, 7) is 5.44. The molecule has 118 valence electrons. The van der Waals surface area contributed by atoms with E-state index in [1.54, 1.807) is 0 Å². The Bertz CT molecular complexity index is 457. The van der Waals surface area contributed by atoms with Gasteiger partial charge in [0.2, 0.25) is 0 Å². The van der Waals surface area contributed by atoms with E-state index >= 15 is 0 Å². The molecule has 0 aromatic carbocycles. The van der Waals surface area contributed by atoms with Gasteiger partial charge < -0.3 is 10.4 Å². The molecule has 3 amide bonds. The number of hydrogen-bond acceptors (Lipinski definition) is 3. The zero-order valence-electron chi connectivity index (χ0n) is 12.9. The lowest BCUT2D eigenvalue weighted by Gasteiger charge is -2.28. The molecule has 0 heterocycles. The molecule has 21 heavy (non-hydrogen) atoms. The number of carboxylic acids is 1. The molecule has 0 aromatic rings. The lowest BCUT2D eigenvalue weighted by Crippen LogP contribution is -2.43. The third kappa shape index (κ3) is 5.21. The smallest absolute Gasteiger partial charge is 0.331 e. The van der Waals surface area contributed by atoms with Gasteiger partial charge in [-0.25, -0.2) is 9.59 Å². The van der Waals surface area contributed by atoms with Crippen LogP contribution in [-0.4, -0.2) is 29.6 Å². The van der Waals surface area contributed by atoms with Crippen LogP contribution < -0.4 is 10.6 Å². The number of amides is 3. The molecule has 1 fully saturated rings. The molecule has 1 aliphatic carbocycles. The first-order valence-electron chi connectivity index (χ1n) is 7.32. The average molecular weight is 296 g/mol. The van der Waals surface area contributed by atoms with E-state index in [-0.39, 0.29) is 11.1 Å². The van der Waals surface area contributed by atoms with Gasteiger partial charge in [-0.15, -0.1) is 0 Å². The van der Waals surface area contributed by atoms with Crippen LogP contribution >= 0.6 is 0 Å². The number of rotatable bonds is 4. The Morgan fingerprint density at radius 1 is 1.10 bits per heavy atom. The van der Waals surface area contributed by atoms with Gasteiger partial charge in [-0.3, -0.25) is 10.1 Å². The molecule has 0 bridgehead atoms. The number of urea groups is 1. The van der Waals surface area contributed by atoms with Crippen molar-refractivity contribution in [1.29, 1.82) is 0 Å². The van der Waals surface area contributed by atoms with E-state index in [1.165, 1.54) is 33.1 Å². The highest BCUT2D eigenvalue weighted by Gasteiger charge is 2.22. The molecule has 1 rings (SSSR count). The second-order valence-electron chi connectivity index (χ2n) is 5.74. The highest BCUT2D eigenvalue weighted by Crippen LogP contribution is 2.28. The molecule has 1 saturated carbocycles. The summed E-state index contributed by atoms with van der Waals surface area (Å²) in [4.78, 5) is 34.2. The summed E-state index contributed by atoms with van der Waals surface area (Å²) in [5.74, 6) is -0.828. The second-order valence-corrected chi connectivity index (χ2v) is 5.74. The lowest BCUT2D eigenvalue weighted by molar-refractivity contribution is -0.133. The Kier molecular flexibility index (Phi) is 6.39. The summed E-state index contributed by atoms with van der Waals surface area (Å²) in [6, 6.07) is -0.574. The van der Waals surface area contributed by atoms with Crippen LogP contribution in [0.3, 0.4) is 0 Å². The standard InChI is InChI=1S/C15H24N2O4/c1-9-6-4-5-7-12(9)8-16-15(21)17-13(18)10(2)11(3)14(19)20/h9,12H,4-8H2,1-3H3,(H,19,20)(H2,16,17,18,21). The van der Waals surface area contributed by atoms with Gasteiger partial charge in [0, 0.05) is 17.7 Å². The topological polar surface area (TPSA) is 95.5 Å². The average Bonchev–Trinajstić information content (AvgIpc) is 2.44. The Balaban J connectivity index is 2.45. The van der Waals surface area contributed by atoms with Crippen molar-refractivity contribution < 1.29 is 19.5 Å². The molecule has 0 aromatic heterocycles. The first-order valence-corrected chi connectivity index (χ1v) is 7.32. The Labute approximate surface area is 125 Å². The van der Waals surface area contributed by atoms with Crippen molar-refractivity contribution >= 4 is 17.9 Å². The first-order chi connectivity index (χ1) is 9.82. The maximum absolute atomic E-state index is 11.7. The Morgan fingerprint density at radius 2 is 1.71 bits per heavy atom. The van der Waals surface area contributed by atoms with Gasteiger partial charge in [0.1, 0.15) is 0 Å². The summed E-state index contributed by atoms with van der Waals surface area (Å²) < 4.78 is 0. The zero-order chi connectivity index (χ0) is 16.0. The van der Waals surface area contributed by atoms with Gasteiger partial charge >= 0.3 is 12.0 Å². The molecule has 0 spiro atoms. The van der Waals surface area contributed by atoms with Crippen molar-refractivity contribution in [3.63, 3.8) is 0 Å². The van der Waals surface area contributed by atoms with Crippen molar-refractivity contribution in [3.05, 3.63) is 11.1 Å². The maximum Gasteiger partial charge on any atom is 0.331 e. The summed E-state index contributed by atoms with van der Waals surface area (Å²) in [6.07, 6.45) is 4.68. The molecule has 3 N–H and O–H groups in total. The molecule has 0 aliphatic heterocycles. The largest absolute Gasteiger partial charge is 0.478 e. The van der Waals surface area contributed by atoms with Crippen LogP contribution in [0, 0.1) is 11.8 Å². The number of carboxylic acid groups (broad SMARTS) is 1. The van der Waals surface area contributed by atoms with E-state index < -0.39 is 17.9 Å². The van der Waals surface area contributed by atoms with E-state index in [1.807, 2.05) is 0 Å². The van der Waals surface area contributed by atoms with Gasteiger partial charge in [0.15, 0.2) is 0 Å². The molecule has 2 atom stereocenters. The fourth-order valence-corrected chi connectivity index (χ4v) is 2.49. The van der Waals surface area contributed by atoms with Crippen molar-refractivity contribution in [2.75, 3.05) is 6.54 Å². The van der Waals surface area contributed by atoms with Crippen molar-refractivity contribution in [2.45, 2.75) is 46.5 Å². The van der Waals surface area contributed by atoms with Gasteiger partial charge in [-0.05, 0) is 32.1 Å². The third-order valence-corrected chi connectivity index (χ3v) is 4.26. The number of imide groups is 1. The van der Waals surface area contributed by atoms with E-state index in [0.717, 1.165) is 6.42 Å². The third-order valence-electron chi connectivity index (χ3n) is 4.26. The van der Waals surface area contributed by atoms with Gasteiger partial charge in [0.05, 0.1) is 0 Å². The van der Waals surface area contributed by atoms with Crippen LogP contribution in [0.1, 0.15) is 46.5 Å². The number of hydrogen-bond donors (Lipinski definition) is 3. The summed E-state index contributed by atoms with van der Waals surface area (Å²) in [7, 11) is 0. The second kappa shape index (κ2) is 7.81. The molecule has 2 unspecified atom stereocenters. The normalized spacial score (nSPS) is 23.0. The van der Waals surface area contributed by atoms with Crippen LogP contribution in [0.5, 0.6) is 0 Å². The monoisotopic (exact) mass is 296 g/mol. The lowest BCUT2D eigenvalue weighted by atomic mass is 9.80. The van der Waals surface area contributed by atoms with Gasteiger partial charge in [-0.1, -0.05) is 26.2 Å². The fraction of sp³-hybridized carbons (Fsp3) is 0.667. The molecule has 6 nitrogen and oxygen atoms in total. The predicted octanol–water partition coefficient (Wildman–Crippen LogP) is 2.06. The molecule has 0 saturated heterocycles. The summed E-state index contributed by atoms with van der Waals surface area (Å²) in [5, 5.41) is 13.7. The van der Waals surface area contributed by atoms with Crippen molar-refractivity contribution in [3.8, 4) is 0 Å². The molecule has 6 heteroatoms. The van der Waals surface area contributed by atoms with Crippen LogP contribution in [0.4, 0.5) is 4.79 Å². The minimum atomic E-state index is -1.17. The number of carbonyl (C=O) groups excluding carboxylic acids is 2. The Hall–Kier alpha value is -1.85. The van der Waals surface area contributed by atoms with Gasteiger partial charge in [-0.2, -0.15) is 0 Å². The molecule has 1 aliphatic rings.